The molecule has 2 rings (SSSR count). The van der Waals surface area contributed by atoms with E-state index >= 15 is 0 Å². The number of sulfone groups is 1. The van der Waals surface area contributed by atoms with Gasteiger partial charge < -0.3 is 0 Å². The molecular formula is C12H12ClN3O5S2. The molecule has 0 atom stereocenters. The van der Waals surface area contributed by atoms with E-state index in [0.29, 0.717) is 0 Å². The third-order valence-electron chi connectivity index (χ3n) is 2.80. The molecule has 8 nitrogen and oxygen atoms in total. The highest BCUT2D eigenvalue weighted by molar-refractivity contribution is 7.90. The molecule has 23 heavy (non-hydrogen) atoms. The number of hydrogen-bond acceptors (Lipinski definition) is 6. The minimum absolute atomic E-state index is 0.0364. The number of halogens is 1. The molecule has 0 amide bonds. The van der Waals surface area contributed by atoms with E-state index in [0.717, 1.165) is 12.3 Å². The van der Waals surface area contributed by atoms with Crippen LogP contribution in [0.2, 0.25) is 5.02 Å². The molecule has 0 saturated carbocycles. The Morgan fingerprint density at radius 3 is 2.43 bits per heavy atom. The van der Waals surface area contributed by atoms with Gasteiger partial charge in [0.2, 0.25) is 15.5 Å². The van der Waals surface area contributed by atoms with Crippen LogP contribution in [0.5, 0.6) is 0 Å². The van der Waals surface area contributed by atoms with Crippen LogP contribution in [0, 0.1) is 0 Å². The number of hydrogen-bond donors (Lipinski definition) is 2. The van der Waals surface area contributed by atoms with Crippen molar-refractivity contribution >= 4 is 31.5 Å². The fourth-order valence-corrected chi connectivity index (χ4v) is 3.67. The Bertz CT molecular complexity index is 999. The number of H-pyrrole nitrogens is 1. The molecule has 0 spiro atoms. The van der Waals surface area contributed by atoms with Crippen molar-refractivity contribution in [2.45, 2.75) is 16.5 Å². The Balaban J connectivity index is 2.25. The summed E-state index contributed by atoms with van der Waals surface area (Å²) in [5.41, 5.74) is -0.876. The number of benzene rings is 1. The van der Waals surface area contributed by atoms with Gasteiger partial charge in [-0.25, -0.2) is 21.6 Å². The zero-order valence-corrected chi connectivity index (χ0v) is 14.2. The van der Waals surface area contributed by atoms with Crippen LogP contribution in [0.15, 0.2) is 45.0 Å². The van der Waals surface area contributed by atoms with Crippen molar-refractivity contribution in [3.05, 3.63) is 51.3 Å². The molecule has 0 unspecified atom stereocenters. The maximum Gasteiger partial charge on any atom is 0.242 e. The molecule has 124 valence electrons. The molecule has 0 bridgehead atoms. The van der Waals surface area contributed by atoms with Gasteiger partial charge in [0.15, 0.2) is 14.9 Å². The Hall–Kier alpha value is -1.75. The third kappa shape index (κ3) is 4.16. The van der Waals surface area contributed by atoms with Crippen LogP contribution in [0.3, 0.4) is 0 Å². The number of sulfonamides is 1. The summed E-state index contributed by atoms with van der Waals surface area (Å²) >= 11 is 5.82. The summed E-state index contributed by atoms with van der Waals surface area (Å²) in [7, 11) is -7.55. The van der Waals surface area contributed by atoms with Crippen LogP contribution in [-0.4, -0.2) is 33.3 Å². The molecule has 11 heteroatoms. The van der Waals surface area contributed by atoms with E-state index in [1.807, 2.05) is 0 Å². The number of nitrogens with zero attached hydrogens (tertiary/aromatic N) is 1. The minimum atomic E-state index is -3.94. The van der Waals surface area contributed by atoms with E-state index in [2.05, 4.69) is 14.9 Å². The van der Waals surface area contributed by atoms with Gasteiger partial charge in [-0.3, -0.25) is 9.89 Å². The quantitative estimate of drug-likeness (QED) is 0.772. The number of rotatable bonds is 5. The van der Waals surface area contributed by atoms with E-state index in [9.17, 15) is 21.6 Å². The second-order valence-corrected chi connectivity index (χ2v) is 8.70. The summed E-state index contributed by atoms with van der Waals surface area (Å²) in [5.74, 6) is 0. The Morgan fingerprint density at radius 2 is 1.87 bits per heavy atom. The summed E-state index contributed by atoms with van der Waals surface area (Å²) < 4.78 is 49.1. The standard InChI is InChI=1S/C12H12ClN3O5S2/c1-22(18,19)12-6-10(17)9(15-16-12)7-14-23(20,21)11-5-3-2-4-8(11)13/h2-6,14H,7H2,1H3,(H,16,17). The average Bonchev–Trinajstić information content (AvgIpc) is 2.45. The maximum absolute atomic E-state index is 12.1. The predicted octanol–water partition coefficient (Wildman–Crippen LogP) is 0.305. The monoisotopic (exact) mass is 377 g/mol. The zero-order valence-electron chi connectivity index (χ0n) is 11.8. The topological polar surface area (TPSA) is 126 Å². The Morgan fingerprint density at radius 1 is 1.22 bits per heavy atom. The first-order valence-corrected chi connectivity index (χ1v) is 9.89. The molecule has 1 aromatic heterocycles. The predicted molar refractivity (Wildman–Crippen MR) is 83.4 cm³/mol. The lowest BCUT2D eigenvalue weighted by Gasteiger charge is -2.07. The molecule has 0 aliphatic rings. The highest BCUT2D eigenvalue weighted by Gasteiger charge is 2.18. The highest BCUT2D eigenvalue weighted by Crippen LogP contribution is 2.20. The maximum atomic E-state index is 12.1. The van der Waals surface area contributed by atoms with Gasteiger partial charge in [-0.05, 0) is 12.1 Å². The van der Waals surface area contributed by atoms with Crippen molar-refractivity contribution in [1.82, 2.24) is 14.9 Å². The lowest BCUT2D eigenvalue weighted by atomic mass is 10.4. The molecule has 2 aromatic rings. The number of aromatic amines is 1. The van der Waals surface area contributed by atoms with Gasteiger partial charge in [-0.1, -0.05) is 23.7 Å². The van der Waals surface area contributed by atoms with E-state index < -0.39 is 31.8 Å². The fourth-order valence-electron chi connectivity index (χ4n) is 1.63. The average molecular weight is 378 g/mol. The first-order chi connectivity index (χ1) is 10.6. The molecule has 1 heterocycles. The third-order valence-corrected chi connectivity index (χ3v) is 5.71. The minimum Gasteiger partial charge on any atom is -0.288 e. The smallest absolute Gasteiger partial charge is 0.242 e. The molecule has 1 aromatic carbocycles. The molecule has 0 fully saturated rings. The van der Waals surface area contributed by atoms with Gasteiger partial charge in [0.25, 0.3) is 0 Å². The molecular weight excluding hydrogens is 366 g/mol. The van der Waals surface area contributed by atoms with Crippen LogP contribution in [0.4, 0.5) is 0 Å². The summed E-state index contributed by atoms with van der Waals surface area (Å²) in [6.07, 6.45) is 0.916. The van der Waals surface area contributed by atoms with Crippen molar-refractivity contribution in [2.75, 3.05) is 6.26 Å². The van der Waals surface area contributed by atoms with Crippen molar-refractivity contribution in [3.63, 3.8) is 0 Å². The van der Waals surface area contributed by atoms with Crippen LogP contribution in [0.1, 0.15) is 5.69 Å². The Kier molecular flexibility index (Phi) is 4.90. The van der Waals surface area contributed by atoms with Crippen LogP contribution in [-0.2, 0) is 26.4 Å². The molecule has 0 saturated heterocycles. The lowest BCUT2D eigenvalue weighted by molar-refractivity contribution is 0.577. The normalized spacial score (nSPS) is 12.3. The SMILES string of the molecule is CS(=O)(=O)c1cc(=O)c(CNS(=O)(=O)c2ccccc2Cl)n[nH]1. The highest BCUT2D eigenvalue weighted by atomic mass is 35.5. The Labute approximate surface area is 137 Å². The van der Waals surface area contributed by atoms with Crippen molar-refractivity contribution in [1.29, 1.82) is 0 Å². The zero-order chi connectivity index (χ0) is 17.3. The van der Waals surface area contributed by atoms with Gasteiger partial charge in [0, 0.05) is 12.3 Å². The van der Waals surface area contributed by atoms with Gasteiger partial charge in [0.1, 0.15) is 10.6 Å². The summed E-state index contributed by atoms with van der Waals surface area (Å²) in [6.45, 7) is -0.410. The lowest BCUT2D eigenvalue weighted by Crippen LogP contribution is -2.28. The van der Waals surface area contributed by atoms with Crippen LogP contribution >= 0.6 is 11.6 Å². The molecule has 0 radical (unpaired) electrons. The van der Waals surface area contributed by atoms with Crippen molar-refractivity contribution < 1.29 is 16.8 Å². The number of aromatic nitrogens is 2. The summed E-state index contributed by atoms with van der Waals surface area (Å²) in [6, 6.07) is 6.67. The van der Waals surface area contributed by atoms with Gasteiger partial charge in [-0.15, -0.1) is 0 Å². The van der Waals surface area contributed by atoms with Gasteiger partial charge in [0.05, 0.1) is 11.6 Å². The first-order valence-electron chi connectivity index (χ1n) is 6.14. The van der Waals surface area contributed by atoms with Crippen molar-refractivity contribution in [3.8, 4) is 0 Å². The van der Waals surface area contributed by atoms with E-state index in [1.54, 1.807) is 6.07 Å². The first kappa shape index (κ1) is 17.6. The number of nitrogens with one attached hydrogen (secondary N) is 2. The van der Waals surface area contributed by atoms with E-state index in [4.69, 9.17) is 11.6 Å². The van der Waals surface area contributed by atoms with Gasteiger partial charge >= 0.3 is 0 Å². The fraction of sp³-hybridized carbons (Fsp3) is 0.167. The largest absolute Gasteiger partial charge is 0.288 e. The second-order valence-electron chi connectivity index (χ2n) is 4.57. The molecule has 0 aliphatic carbocycles. The molecule has 2 N–H and O–H groups in total. The van der Waals surface area contributed by atoms with Crippen LogP contribution in [0.25, 0.3) is 0 Å². The van der Waals surface area contributed by atoms with Crippen molar-refractivity contribution in [2.24, 2.45) is 0 Å². The van der Waals surface area contributed by atoms with E-state index in [1.165, 1.54) is 18.2 Å². The molecule has 0 aliphatic heterocycles. The summed E-state index contributed by atoms with van der Waals surface area (Å²) in [4.78, 5) is 11.7. The van der Waals surface area contributed by atoms with E-state index in [-0.39, 0.29) is 20.6 Å². The summed E-state index contributed by atoms with van der Waals surface area (Å²) in [5, 5.41) is 5.48. The second kappa shape index (κ2) is 6.40. The van der Waals surface area contributed by atoms with Gasteiger partial charge in [-0.2, -0.15) is 5.10 Å². The van der Waals surface area contributed by atoms with Crippen LogP contribution < -0.4 is 10.2 Å².